The summed E-state index contributed by atoms with van der Waals surface area (Å²) in [6, 6.07) is 10.3. The predicted octanol–water partition coefficient (Wildman–Crippen LogP) is 1.97. The minimum atomic E-state index is -3.75. The van der Waals surface area contributed by atoms with Crippen LogP contribution in [0.2, 0.25) is 0 Å². The van der Waals surface area contributed by atoms with Gasteiger partial charge < -0.3 is 10.6 Å². The van der Waals surface area contributed by atoms with Gasteiger partial charge in [-0.3, -0.25) is 4.79 Å². The van der Waals surface area contributed by atoms with E-state index in [1.807, 2.05) is 17.5 Å². The predicted molar refractivity (Wildman–Crippen MR) is 85.5 cm³/mol. The van der Waals surface area contributed by atoms with Gasteiger partial charge in [0.2, 0.25) is 5.91 Å². The number of sulfonamides is 1. The Morgan fingerprint density at radius 2 is 2.05 bits per heavy atom. The molecule has 0 saturated carbocycles. The zero-order valence-electron chi connectivity index (χ0n) is 11.4. The van der Waals surface area contributed by atoms with E-state index in [0.29, 0.717) is 12.2 Å². The zero-order chi connectivity index (χ0) is 15.6. The van der Waals surface area contributed by atoms with Gasteiger partial charge in [0.15, 0.2) is 0 Å². The SMILES string of the molecule is O=C(CC1=NS(=O)(=O)c2ccccc2N1)NCc1cccs1. The number of carbonyl (C=O) groups excluding carboxylic acids is 1. The normalized spacial score (nSPS) is 15.4. The Morgan fingerprint density at radius 3 is 2.82 bits per heavy atom. The fourth-order valence-electron chi connectivity index (χ4n) is 2.06. The van der Waals surface area contributed by atoms with E-state index >= 15 is 0 Å². The van der Waals surface area contributed by atoms with Gasteiger partial charge >= 0.3 is 0 Å². The Labute approximate surface area is 132 Å². The van der Waals surface area contributed by atoms with Crippen LogP contribution in [0.4, 0.5) is 5.69 Å². The molecule has 0 spiro atoms. The zero-order valence-corrected chi connectivity index (χ0v) is 13.1. The van der Waals surface area contributed by atoms with E-state index in [1.54, 1.807) is 29.5 Å². The van der Waals surface area contributed by atoms with E-state index in [1.165, 1.54) is 6.07 Å². The van der Waals surface area contributed by atoms with Gasteiger partial charge in [-0.25, -0.2) is 0 Å². The third-order valence-corrected chi connectivity index (χ3v) is 5.29. The standard InChI is InChI=1S/C14H13N3O3S2/c18-14(15-9-10-4-3-7-21-10)8-13-16-11-5-1-2-6-12(11)22(19,20)17-13/h1-7H,8-9H2,(H,15,18)(H,16,17). The fourth-order valence-corrected chi connectivity index (χ4v) is 3.85. The molecule has 8 heteroatoms. The Balaban J connectivity index is 1.69. The number of amidine groups is 1. The first kappa shape index (κ1) is 14.7. The van der Waals surface area contributed by atoms with Crippen LogP contribution in [-0.4, -0.2) is 20.2 Å². The Kier molecular flexibility index (Phi) is 3.95. The number of thiophene rings is 1. The van der Waals surface area contributed by atoms with Gasteiger partial charge in [0.1, 0.15) is 10.7 Å². The molecule has 0 aliphatic carbocycles. The van der Waals surface area contributed by atoms with Crippen LogP contribution < -0.4 is 10.6 Å². The second-order valence-electron chi connectivity index (χ2n) is 4.67. The summed E-state index contributed by atoms with van der Waals surface area (Å²) in [6.07, 6.45) is -0.112. The Bertz CT molecular complexity index is 827. The molecule has 1 amide bonds. The fraction of sp³-hybridized carbons (Fsp3) is 0.143. The smallest absolute Gasteiger partial charge is 0.286 e. The van der Waals surface area contributed by atoms with Crippen molar-refractivity contribution in [3.05, 3.63) is 46.7 Å². The number of nitrogens with one attached hydrogen (secondary N) is 2. The van der Waals surface area contributed by atoms with Crippen molar-refractivity contribution in [1.82, 2.24) is 5.32 Å². The molecule has 2 N–H and O–H groups in total. The maximum Gasteiger partial charge on any atom is 0.286 e. The van der Waals surface area contributed by atoms with Crippen LogP contribution in [0.5, 0.6) is 0 Å². The van der Waals surface area contributed by atoms with E-state index < -0.39 is 10.0 Å². The van der Waals surface area contributed by atoms with Crippen LogP contribution >= 0.6 is 11.3 Å². The lowest BCUT2D eigenvalue weighted by Crippen LogP contribution is -2.30. The first-order valence-corrected chi connectivity index (χ1v) is 8.85. The van der Waals surface area contributed by atoms with Crippen molar-refractivity contribution in [1.29, 1.82) is 0 Å². The van der Waals surface area contributed by atoms with Gasteiger partial charge in [-0.15, -0.1) is 15.7 Å². The Morgan fingerprint density at radius 1 is 1.23 bits per heavy atom. The van der Waals surface area contributed by atoms with E-state index in [-0.39, 0.29) is 23.1 Å². The number of carbonyl (C=O) groups is 1. The molecule has 1 aromatic heterocycles. The number of fused-ring (bicyclic) bond motifs is 1. The molecule has 0 unspecified atom stereocenters. The van der Waals surface area contributed by atoms with E-state index in [2.05, 4.69) is 15.0 Å². The number of para-hydroxylation sites is 1. The first-order valence-electron chi connectivity index (χ1n) is 6.53. The van der Waals surface area contributed by atoms with Crippen LogP contribution in [0.25, 0.3) is 0 Å². The van der Waals surface area contributed by atoms with Crippen LogP contribution in [0.3, 0.4) is 0 Å². The molecule has 0 bridgehead atoms. The molecule has 0 saturated heterocycles. The first-order chi connectivity index (χ1) is 10.5. The molecule has 1 aromatic carbocycles. The molecule has 6 nitrogen and oxygen atoms in total. The molecule has 22 heavy (non-hydrogen) atoms. The summed E-state index contributed by atoms with van der Waals surface area (Å²) in [6.45, 7) is 0.424. The summed E-state index contributed by atoms with van der Waals surface area (Å²) in [5, 5.41) is 7.56. The lowest BCUT2D eigenvalue weighted by Gasteiger charge is -2.17. The highest BCUT2D eigenvalue weighted by Gasteiger charge is 2.25. The minimum Gasteiger partial charge on any atom is -0.351 e. The topological polar surface area (TPSA) is 87.6 Å². The van der Waals surface area contributed by atoms with E-state index in [4.69, 9.17) is 0 Å². The number of anilines is 1. The molecule has 0 atom stereocenters. The van der Waals surface area contributed by atoms with Gasteiger partial charge in [-0.05, 0) is 23.6 Å². The van der Waals surface area contributed by atoms with Gasteiger partial charge in [-0.2, -0.15) is 8.42 Å². The number of benzene rings is 1. The molecule has 3 rings (SSSR count). The molecule has 1 aliphatic heterocycles. The monoisotopic (exact) mass is 335 g/mol. The highest BCUT2D eigenvalue weighted by Crippen LogP contribution is 2.26. The van der Waals surface area contributed by atoms with E-state index in [9.17, 15) is 13.2 Å². The second kappa shape index (κ2) is 5.90. The number of rotatable bonds is 4. The van der Waals surface area contributed by atoms with Gasteiger partial charge in [0, 0.05) is 4.88 Å². The molecule has 114 valence electrons. The molecule has 0 radical (unpaired) electrons. The average molecular weight is 335 g/mol. The molecule has 0 fully saturated rings. The summed E-state index contributed by atoms with van der Waals surface area (Å²) in [7, 11) is -3.75. The van der Waals surface area contributed by atoms with Crippen molar-refractivity contribution in [3.63, 3.8) is 0 Å². The lowest BCUT2D eigenvalue weighted by molar-refractivity contribution is -0.120. The van der Waals surface area contributed by atoms with Crippen molar-refractivity contribution in [2.24, 2.45) is 4.40 Å². The quantitative estimate of drug-likeness (QED) is 0.894. The van der Waals surface area contributed by atoms with Crippen molar-refractivity contribution in [2.45, 2.75) is 17.9 Å². The lowest BCUT2D eigenvalue weighted by atomic mass is 10.3. The maximum atomic E-state index is 12.1. The highest BCUT2D eigenvalue weighted by molar-refractivity contribution is 7.90. The summed E-state index contributed by atoms with van der Waals surface area (Å²) in [5.74, 6) is -0.156. The second-order valence-corrected chi connectivity index (χ2v) is 7.27. The largest absolute Gasteiger partial charge is 0.351 e. The third-order valence-electron chi connectivity index (χ3n) is 3.04. The average Bonchev–Trinajstić information content (AvgIpc) is 2.98. The van der Waals surface area contributed by atoms with Crippen molar-refractivity contribution < 1.29 is 13.2 Å². The molecular weight excluding hydrogens is 322 g/mol. The van der Waals surface area contributed by atoms with Crippen LogP contribution in [0.1, 0.15) is 11.3 Å². The van der Waals surface area contributed by atoms with Crippen LogP contribution in [0.15, 0.2) is 51.1 Å². The summed E-state index contributed by atoms with van der Waals surface area (Å²) < 4.78 is 27.8. The van der Waals surface area contributed by atoms with Crippen molar-refractivity contribution in [3.8, 4) is 0 Å². The number of nitrogens with zero attached hydrogens (tertiary/aromatic N) is 1. The highest BCUT2D eigenvalue weighted by atomic mass is 32.2. The van der Waals surface area contributed by atoms with Gasteiger partial charge in [-0.1, -0.05) is 18.2 Å². The van der Waals surface area contributed by atoms with Crippen LogP contribution in [0, 0.1) is 0 Å². The third kappa shape index (κ3) is 3.18. The van der Waals surface area contributed by atoms with Crippen molar-refractivity contribution >= 4 is 38.8 Å². The van der Waals surface area contributed by atoms with Gasteiger partial charge in [0.05, 0.1) is 18.7 Å². The maximum absolute atomic E-state index is 12.1. The summed E-state index contributed by atoms with van der Waals surface area (Å²) in [4.78, 5) is 13.1. The Hall–Kier alpha value is -2.19. The minimum absolute atomic E-state index is 0.112. The van der Waals surface area contributed by atoms with Crippen LogP contribution in [-0.2, 0) is 21.4 Å². The van der Waals surface area contributed by atoms with Crippen molar-refractivity contribution in [2.75, 3.05) is 5.32 Å². The molecule has 2 aromatic rings. The summed E-state index contributed by atoms with van der Waals surface area (Å²) in [5.41, 5.74) is 0.443. The number of hydrogen-bond donors (Lipinski definition) is 2. The van der Waals surface area contributed by atoms with E-state index in [0.717, 1.165) is 4.88 Å². The molecular formula is C14H13N3O3S2. The molecule has 1 aliphatic rings. The van der Waals surface area contributed by atoms with Gasteiger partial charge in [0.25, 0.3) is 10.0 Å². The number of hydrogen-bond acceptors (Lipinski definition) is 5. The molecule has 2 heterocycles. The number of amides is 1. The summed E-state index contributed by atoms with van der Waals surface area (Å²) >= 11 is 1.54.